The first-order chi connectivity index (χ1) is 9.40. The minimum absolute atomic E-state index is 0.118. The minimum Gasteiger partial charge on any atom is -0.481 e. The highest BCUT2D eigenvalue weighted by Crippen LogP contribution is 2.13. The number of benzene rings is 1. The van der Waals surface area contributed by atoms with Gasteiger partial charge in [0.25, 0.3) is 0 Å². The Morgan fingerprint density at radius 1 is 1.10 bits per heavy atom. The molecule has 0 aliphatic heterocycles. The van der Waals surface area contributed by atoms with Crippen molar-refractivity contribution < 1.29 is 24.6 Å². The van der Waals surface area contributed by atoms with Crippen LogP contribution in [0, 0.1) is 0 Å². The molecule has 0 saturated carbocycles. The standard InChI is InChI=1S/C13H16N2O5/c14-9(8-4-2-1-3-5-8)6-11(16)15-10(13(19)20)7-12(17)18/h1-5,9-10H,6-7,14H2,(H,15,16)(H,17,18)(H,19,20). The van der Waals surface area contributed by atoms with E-state index in [0.29, 0.717) is 0 Å². The summed E-state index contributed by atoms with van der Waals surface area (Å²) in [7, 11) is 0. The fraction of sp³-hybridized carbons (Fsp3) is 0.308. The van der Waals surface area contributed by atoms with Crippen LogP contribution in [0.1, 0.15) is 24.4 Å². The number of aliphatic carboxylic acids is 2. The third-order valence-corrected chi connectivity index (χ3v) is 2.65. The van der Waals surface area contributed by atoms with Gasteiger partial charge in [-0.05, 0) is 5.56 Å². The SMILES string of the molecule is NC(CC(=O)NC(CC(=O)O)C(=O)O)c1ccccc1. The van der Waals surface area contributed by atoms with E-state index in [-0.39, 0.29) is 6.42 Å². The molecule has 1 amide bonds. The first-order valence-corrected chi connectivity index (χ1v) is 5.94. The van der Waals surface area contributed by atoms with Gasteiger partial charge in [0.2, 0.25) is 5.91 Å². The highest BCUT2D eigenvalue weighted by Gasteiger charge is 2.23. The van der Waals surface area contributed by atoms with Crippen molar-refractivity contribution >= 4 is 17.8 Å². The van der Waals surface area contributed by atoms with Gasteiger partial charge in [-0.3, -0.25) is 9.59 Å². The van der Waals surface area contributed by atoms with Crippen LogP contribution in [-0.2, 0) is 14.4 Å². The summed E-state index contributed by atoms with van der Waals surface area (Å²) >= 11 is 0. The summed E-state index contributed by atoms with van der Waals surface area (Å²) < 4.78 is 0. The molecule has 0 saturated heterocycles. The normalized spacial score (nSPS) is 13.2. The molecule has 1 aromatic carbocycles. The molecule has 0 bridgehead atoms. The average molecular weight is 280 g/mol. The number of hydrogen-bond acceptors (Lipinski definition) is 4. The van der Waals surface area contributed by atoms with E-state index < -0.39 is 36.4 Å². The van der Waals surface area contributed by atoms with Gasteiger partial charge in [0, 0.05) is 12.5 Å². The van der Waals surface area contributed by atoms with Crippen LogP contribution >= 0.6 is 0 Å². The van der Waals surface area contributed by atoms with Crippen LogP contribution in [0.5, 0.6) is 0 Å². The van der Waals surface area contributed by atoms with E-state index in [9.17, 15) is 14.4 Å². The van der Waals surface area contributed by atoms with Crippen molar-refractivity contribution in [2.24, 2.45) is 5.73 Å². The molecule has 108 valence electrons. The van der Waals surface area contributed by atoms with E-state index in [1.807, 2.05) is 6.07 Å². The molecule has 7 nitrogen and oxygen atoms in total. The number of nitrogens with one attached hydrogen (secondary N) is 1. The summed E-state index contributed by atoms with van der Waals surface area (Å²) in [4.78, 5) is 33.0. The number of carboxylic acid groups (broad SMARTS) is 2. The van der Waals surface area contributed by atoms with Gasteiger partial charge in [0.05, 0.1) is 6.42 Å². The third-order valence-electron chi connectivity index (χ3n) is 2.65. The zero-order valence-electron chi connectivity index (χ0n) is 10.7. The molecule has 0 aliphatic carbocycles. The van der Waals surface area contributed by atoms with Crippen LogP contribution < -0.4 is 11.1 Å². The Morgan fingerprint density at radius 3 is 2.20 bits per heavy atom. The number of nitrogens with two attached hydrogens (primary N) is 1. The van der Waals surface area contributed by atoms with Crippen LogP contribution in [0.15, 0.2) is 30.3 Å². The maximum Gasteiger partial charge on any atom is 0.326 e. The summed E-state index contributed by atoms with van der Waals surface area (Å²) in [6.45, 7) is 0. The largest absolute Gasteiger partial charge is 0.481 e. The summed E-state index contributed by atoms with van der Waals surface area (Å²) in [5.74, 6) is -3.30. The van der Waals surface area contributed by atoms with Gasteiger partial charge < -0.3 is 21.3 Å². The summed E-state index contributed by atoms with van der Waals surface area (Å²) in [5.41, 5.74) is 6.57. The van der Waals surface area contributed by atoms with Crippen molar-refractivity contribution in [3.05, 3.63) is 35.9 Å². The summed E-state index contributed by atoms with van der Waals surface area (Å²) in [6.07, 6.45) is -0.797. The molecule has 0 radical (unpaired) electrons. The fourth-order valence-electron chi connectivity index (χ4n) is 1.65. The zero-order chi connectivity index (χ0) is 15.1. The maximum absolute atomic E-state index is 11.7. The van der Waals surface area contributed by atoms with Crippen molar-refractivity contribution in [3.63, 3.8) is 0 Å². The molecule has 2 unspecified atom stereocenters. The Kier molecular flexibility index (Phi) is 5.67. The van der Waals surface area contributed by atoms with Crippen molar-refractivity contribution in [2.45, 2.75) is 24.9 Å². The Labute approximate surface area is 115 Å². The lowest BCUT2D eigenvalue weighted by Crippen LogP contribution is -2.43. The lowest BCUT2D eigenvalue weighted by Gasteiger charge is -2.15. The van der Waals surface area contributed by atoms with Crippen molar-refractivity contribution in [1.82, 2.24) is 5.32 Å². The number of carbonyl (C=O) groups is 3. The monoisotopic (exact) mass is 280 g/mol. The second-order valence-electron chi connectivity index (χ2n) is 4.28. The predicted octanol–water partition coefficient (Wildman–Crippen LogP) is 0.121. The third kappa shape index (κ3) is 5.07. The molecule has 20 heavy (non-hydrogen) atoms. The molecule has 7 heteroatoms. The van der Waals surface area contributed by atoms with Gasteiger partial charge in [0.15, 0.2) is 0 Å². The molecule has 0 heterocycles. The number of rotatable bonds is 7. The first kappa shape index (κ1) is 15.6. The molecular formula is C13H16N2O5. The fourth-order valence-corrected chi connectivity index (χ4v) is 1.65. The van der Waals surface area contributed by atoms with Gasteiger partial charge >= 0.3 is 11.9 Å². The Balaban J connectivity index is 2.57. The highest BCUT2D eigenvalue weighted by molar-refractivity contribution is 5.87. The van der Waals surface area contributed by atoms with Gasteiger partial charge in [0.1, 0.15) is 6.04 Å². The molecule has 1 rings (SSSR count). The number of amides is 1. The predicted molar refractivity (Wildman–Crippen MR) is 69.8 cm³/mol. The van der Waals surface area contributed by atoms with Gasteiger partial charge in [-0.2, -0.15) is 0 Å². The van der Waals surface area contributed by atoms with Crippen molar-refractivity contribution in [2.75, 3.05) is 0 Å². The second kappa shape index (κ2) is 7.25. The van der Waals surface area contributed by atoms with Crippen molar-refractivity contribution in [3.8, 4) is 0 Å². The maximum atomic E-state index is 11.7. The van der Waals surface area contributed by atoms with E-state index in [4.69, 9.17) is 15.9 Å². The van der Waals surface area contributed by atoms with Crippen LogP contribution in [0.4, 0.5) is 0 Å². The molecule has 0 aliphatic rings. The van der Waals surface area contributed by atoms with E-state index in [1.54, 1.807) is 24.3 Å². The van der Waals surface area contributed by atoms with E-state index in [2.05, 4.69) is 5.32 Å². The molecule has 0 fully saturated rings. The molecular weight excluding hydrogens is 264 g/mol. The quantitative estimate of drug-likeness (QED) is 0.561. The average Bonchev–Trinajstić information content (AvgIpc) is 2.38. The van der Waals surface area contributed by atoms with Crippen LogP contribution in [-0.4, -0.2) is 34.1 Å². The van der Waals surface area contributed by atoms with E-state index >= 15 is 0 Å². The molecule has 5 N–H and O–H groups in total. The number of carboxylic acids is 2. The Hall–Kier alpha value is -2.41. The topological polar surface area (TPSA) is 130 Å². The van der Waals surface area contributed by atoms with Crippen LogP contribution in [0.2, 0.25) is 0 Å². The molecule has 2 atom stereocenters. The van der Waals surface area contributed by atoms with Crippen LogP contribution in [0.25, 0.3) is 0 Å². The van der Waals surface area contributed by atoms with Crippen molar-refractivity contribution in [1.29, 1.82) is 0 Å². The van der Waals surface area contributed by atoms with E-state index in [1.165, 1.54) is 0 Å². The molecule has 1 aromatic rings. The molecule has 0 spiro atoms. The number of hydrogen-bond donors (Lipinski definition) is 4. The zero-order valence-corrected chi connectivity index (χ0v) is 10.7. The van der Waals surface area contributed by atoms with Gasteiger partial charge in [-0.25, -0.2) is 4.79 Å². The van der Waals surface area contributed by atoms with Gasteiger partial charge in [-0.1, -0.05) is 30.3 Å². The smallest absolute Gasteiger partial charge is 0.326 e. The molecule has 0 aromatic heterocycles. The highest BCUT2D eigenvalue weighted by atomic mass is 16.4. The summed E-state index contributed by atoms with van der Waals surface area (Å²) in [6, 6.07) is 6.84. The second-order valence-corrected chi connectivity index (χ2v) is 4.28. The van der Waals surface area contributed by atoms with Gasteiger partial charge in [-0.15, -0.1) is 0 Å². The summed E-state index contributed by atoms with van der Waals surface area (Å²) in [5, 5.41) is 19.5. The minimum atomic E-state index is -1.46. The first-order valence-electron chi connectivity index (χ1n) is 5.94. The Morgan fingerprint density at radius 2 is 1.70 bits per heavy atom. The van der Waals surface area contributed by atoms with E-state index in [0.717, 1.165) is 5.56 Å². The number of carbonyl (C=O) groups excluding carboxylic acids is 1. The van der Waals surface area contributed by atoms with Crippen LogP contribution in [0.3, 0.4) is 0 Å². The Bertz CT molecular complexity index is 489. The lowest BCUT2D eigenvalue weighted by atomic mass is 10.0. The lowest BCUT2D eigenvalue weighted by molar-refractivity contribution is -0.147.